The number of hydrogen-bond donors (Lipinski definition) is 2. The van der Waals surface area contributed by atoms with E-state index in [4.69, 9.17) is 10.5 Å². The van der Waals surface area contributed by atoms with Crippen LogP contribution in [0.2, 0.25) is 0 Å². The molecule has 0 atom stereocenters. The van der Waals surface area contributed by atoms with Crippen LogP contribution < -0.4 is 11.1 Å². The van der Waals surface area contributed by atoms with Crippen LogP contribution in [0.15, 0.2) is 28.5 Å². The normalized spacial score (nSPS) is 15.4. The summed E-state index contributed by atoms with van der Waals surface area (Å²) in [4.78, 5) is 24.3. The lowest BCUT2D eigenvalue weighted by atomic mass is 10.1. The predicted molar refractivity (Wildman–Crippen MR) is 102 cm³/mol. The van der Waals surface area contributed by atoms with E-state index in [1.54, 1.807) is 0 Å². The number of sulfonamides is 1. The summed E-state index contributed by atoms with van der Waals surface area (Å²) in [6.07, 6.45) is 0. The number of benzene rings is 1. The molecule has 11 heteroatoms. The molecule has 1 aromatic heterocycles. The second-order valence-corrected chi connectivity index (χ2v) is 9.19. The van der Waals surface area contributed by atoms with Gasteiger partial charge in [0, 0.05) is 13.1 Å². The standard InChI is InChI=1S/C17H18FN3O5S2/c1-10-13(14(19)22)16(20-15(23)11-4-2-3-5-12(11)18)27-17(10)28(24,25)21-6-8-26-9-7-21/h2-5H,6-9H2,1H3,(H2,19,22)(H,20,23). The summed E-state index contributed by atoms with van der Waals surface area (Å²) in [6.45, 7) is 2.35. The number of morpholine rings is 1. The smallest absolute Gasteiger partial charge is 0.259 e. The van der Waals surface area contributed by atoms with Gasteiger partial charge in [0.05, 0.1) is 24.3 Å². The third-order valence-electron chi connectivity index (χ3n) is 4.24. The molecule has 28 heavy (non-hydrogen) atoms. The molecule has 1 fully saturated rings. The molecule has 8 nitrogen and oxygen atoms in total. The van der Waals surface area contributed by atoms with Gasteiger partial charge in [-0.15, -0.1) is 11.3 Å². The summed E-state index contributed by atoms with van der Waals surface area (Å²) in [5.74, 6) is -2.44. The van der Waals surface area contributed by atoms with Crippen molar-refractivity contribution in [1.82, 2.24) is 4.31 Å². The number of nitrogens with one attached hydrogen (secondary N) is 1. The first-order chi connectivity index (χ1) is 13.2. The molecule has 0 spiro atoms. The average Bonchev–Trinajstić information content (AvgIpc) is 2.99. The number of carbonyl (C=O) groups excluding carboxylic acids is 2. The minimum absolute atomic E-state index is 0.0370. The highest BCUT2D eigenvalue weighted by molar-refractivity contribution is 7.91. The fourth-order valence-corrected chi connectivity index (χ4v) is 6.12. The van der Waals surface area contributed by atoms with Crippen LogP contribution >= 0.6 is 11.3 Å². The number of anilines is 1. The quantitative estimate of drug-likeness (QED) is 0.751. The van der Waals surface area contributed by atoms with Crippen molar-refractivity contribution in [2.45, 2.75) is 11.1 Å². The Balaban J connectivity index is 2.00. The minimum Gasteiger partial charge on any atom is -0.379 e. The van der Waals surface area contributed by atoms with Crippen molar-refractivity contribution >= 4 is 38.2 Å². The van der Waals surface area contributed by atoms with Crippen molar-refractivity contribution < 1.29 is 27.1 Å². The highest BCUT2D eigenvalue weighted by Crippen LogP contribution is 2.38. The van der Waals surface area contributed by atoms with E-state index in [1.807, 2.05) is 0 Å². The second-order valence-electron chi connectivity index (χ2n) is 6.03. The molecular formula is C17H18FN3O5S2. The van der Waals surface area contributed by atoms with Crippen molar-refractivity contribution in [1.29, 1.82) is 0 Å². The Morgan fingerprint density at radius 3 is 2.50 bits per heavy atom. The molecule has 1 aliphatic heterocycles. The number of ether oxygens (including phenoxy) is 1. The zero-order valence-electron chi connectivity index (χ0n) is 14.9. The molecule has 1 aliphatic rings. The van der Waals surface area contributed by atoms with E-state index in [0.717, 1.165) is 17.4 Å². The first kappa shape index (κ1) is 20.4. The van der Waals surface area contributed by atoms with Gasteiger partial charge in [-0.2, -0.15) is 4.31 Å². The summed E-state index contributed by atoms with van der Waals surface area (Å²) < 4.78 is 46.1. The van der Waals surface area contributed by atoms with Gasteiger partial charge in [0.15, 0.2) is 0 Å². The number of nitrogens with two attached hydrogens (primary N) is 1. The monoisotopic (exact) mass is 427 g/mol. The van der Waals surface area contributed by atoms with Crippen molar-refractivity contribution in [2.75, 3.05) is 31.6 Å². The number of nitrogens with zero attached hydrogens (tertiary/aromatic N) is 1. The van der Waals surface area contributed by atoms with Gasteiger partial charge in [0.1, 0.15) is 15.0 Å². The molecule has 3 N–H and O–H groups in total. The number of rotatable bonds is 5. The van der Waals surface area contributed by atoms with Crippen LogP contribution in [-0.4, -0.2) is 50.8 Å². The first-order valence-electron chi connectivity index (χ1n) is 8.30. The molecule has 0 bridgehead atoms. The molecule has 0 saturated carbocycles. The number of halogens is 1. The molecule has 0 radical (unpaired) electrons. The number of hydrogen-bond acceptors (Lipinski definition) is 6. The SMILES string of the molecule is Cc1c(S(=O)(=O)N2CCOCC2)sc(NC(=O)c2ccccc2F)c1C(N)=O. The van der Waals surface area contributed by atoms with Crippen LogP contribution in [-0.2, 0) is 14.8 Å². The van der Waals surface area contributed by atoms with E-state index in [-0.39, 0.29) is 52.2 Å². The molecule has 1 saturated heterocycles. The van der Waals surface area contributed by atoms with E-state index in [0.29, 0.717) is 0 Å². The number of amides is 2. The van der Waals surface area contributed by atoms with Gasteiger partial charge in [-0.1, -0.05) is 12.1 Å². The molecule has 2 aromatic rings. The molecule has 1 aromatic carbocycles. The van der Waals surface area contributed by atoms with Gasteiger partial charge in [-0.25, -0.2) is 12.8 Å². The van der Waals surface area contributed by atoms with Crippen LogP contribution in [0.25, 0.3) is 0 Å². The van der Waals surface area contributed by atoms with Gasteiger partial charge in [0.25, 0.3) is 21.8 Å². The topological polar surface area (TPSA) is 119 Å². The van der Waals surface area contributed by atoms with Crippen LogP contribution in [0, 0.1) is 12.7 Å². The third kappa shape index (κ3) is 3.78. The summed E-state index contributed by atoms with van der Waals surface area (Å²) in [7, 11) is -3.90. The Morgan fingerprint density at radius 2 is 1.89 bits per heavy atom. The number of thiophene rings is 1. The Bertz CT molecular complexity index is 1030. The molecule has 2 amide bonds. The van der Waals surface area contributed by atoms with Gasteiger partial charge >= 0.3 is 0 Å². The van der Waals surface area contributed by atoms with Crippen LogP contribution in [0.5, 0.6) is 0 Å². The molecule has 150 valence electrons. The Kier molecular flexibility index (Phi) is 5.79. The van der Waals surface area contributed by atoms with Crippen LogP contribution in [0.1, 0.15) is 26.3 Å². The first-order valence-corrected chi connectivity index (χ1v) is 10.6. The van der Waals surface area contributed by atoms with Crippen molar-refractivity contribution in [2.24, 2.45) is 5.73 Å². The van der Waals surface area contributed by atoms with Gasteiger partial charge in [-0.3, -0.25) is 9.59 Å². The Labute approximate surface area is 165 Å². The second kappa shape index (κ2) is 7.95. The van der Waals surface area contributed by atoms with Gasteiger partial charge in [0.2, 0.25) is 0 Å². The molecule has 2 heterocycles. The lowest BCUT2D eigenvalue weighted by molar-refractivity contribution is 0.0731. The maximum atomic E-state index is 13.9. The Morgan fingerprint density at radius 1 is 1.25 bits per heavy atom. The van der Waals surface area contributed by atoms with E-state index >= 15 is 0 Å². The van der Waals surface area contributed by atoms with E-state index in [1.165, 1.54) is 29.4 Å². The lowest BCUT2D eigenvalue weighted by Gasteiger charge is -2.25. The maximum Gasteiger partial charge on any atom is 0.259 e. The lowest BCUT2D eigenvalue weighted by Crippen LogP contribution is -2.40. The summed E-state index contributed by atoms with van der Waals surface area (Å²) in [6, 6.07) is 5.32. The summed E-state index contributed by atoms with van der Waals surface area (Å²) in [5.41, 5.74) is 5.21. The van der Waals surface area contributed by atoms with E-state index < -0.39 is 27.7 Å². The summed E-state index contributed by atoms with van der Waals surface area (Å²) in [5, 5.41) is 2.38. The third-order valence-corrected chi connectivity index (χ3v) is 7.94. The Hall–Kier alpha value is -2.34. The molecule has 0 unspecified atom stereocenters. The molecule has 3 rings (SSSR count). The zero-order chi connectivity index (χ0) is 20.5. The average molecular weight is 427 g/mol. The maximum absolute atomic E-state index is 13.9. The van der Waals surface area contributed by atoms with Gasteiger partial charge in [-0.05, 0) is 24.6 Å². The van der Waals surface area contributed by atoms with E-state index in [2.05, 4.69) is 5.32 Å². The van der Waals surface area contributed by atoms with Crippen LogP contribution in [0.4, 0.5) is 9.39 Å². The van der Waals surface area contributed by atoms with Crippen molar-refractivity contribution in [3.63, 3.8) is 0 Å². The minimum atomic E-state index is -3.90. The fraction of sp³-hybridized carbons (Fsp3) is 0.294. The fourth-order valence-electron chi connectivity index (χ4n) is 2.84. The highest BCUT2D eigenvalue weighted by atomic mass is 32.2. The van der Waals surface area contributed by atoms with Crippen molar-refractivity contribution in [3.8, 4) is 0 Å². The number of primary amides is 1. The number of carbonyl (C=O) groups is 2. The predicted octanol–water partition coefficient (Wildman–Crippen LogP) is 1.57. The molecule has 0 aliphatic carbocycles. The van der Waals surface area contributed by atoms with E-state index in [9.17, 15) is 22.4 Å². The summed E-state index contributed by atoms with van der Waals surface area (Å²) >= 11 is 0.718. The largest absolute Gasteiger partial charge is 0.379 e. The highest BCUT2D eigenvalue weighted by Gasteiger charge is 2.33. The zero-order valence-corrected chi connectivity index (χ0v) is 16.5. The molecular weight excluding hydrogens is 409 g/mol. The van der Waals surface area contributed by atoms with Crippen molar-refractivity contribution in [3.05, 3.63) is 46.8 Å². The van der Waals surface area contributed by atoms with Crippen LogP contribution in [0.3, 0.4) is 0 Å². The van der Waals surface area contributed by atoms with Gasteiger partial charge < -0.3 is 15.8 Å².